The number of amides is 2. The summed E-state index contributed by atoms with van der Waals surface area (Å²) < 4.78 is 11.3. The maximum absolute atomic E-state index is 12.6. The van der Waals surface area contributed by atoms with Gasteiger partial charge >= 0.3 is 5.97 Å². The highest BCUT2D eigenvalue weighted by atomic mass is 32.2. The Balaban J connectivity index is 1.64. The van der Waals surface area contributed by atoms with Crippen LogP contribution in [-0.2, 0) is 30.3 Å². The Morgan fingerprint density at radius 1 is 1.05 bits per heavy atom. The Morgan fingerprint density at radius 2 is 1.73 bits per heavy atom. The number of rotatable bonds is 17. The fourth-order valence-corrected chi connectivity index (χ4v) is 5.47. The summed E-state index contributed by atoms with van der Waals surface area (Å²) in [6.07, 6.45) is -7.03. The van der Waals surface area contributed by atoms with Crippen LogP contribution in [-0.4, -0.2) is 117 Å². The summed E-state index contributed by atoms with van der Waals surface area (Å²) >= 11 is 1.55. The van der Waals surface area contributed by atoms with Crippen molar-refractivity contribution in [3.63, 3.8) is 0 Å². The van der Waals surface area contributed by atoms with Crippen LogP contribution in [0.15, 0.2) is 54.6 Å². The summed E-state index contributed by atoms with van der Waals surface area (Å²) in [6.45, 7) is -0.959. The third-order valence-corrected chi connectivity index (χ3v) is 8.17. The second-order valence-corrected chi connectivity index (χ2v) is 11.6. The lowest BCUT2D eigenvalue weighted by Gasteiger charge is -2.46. The second-order valence-electron chi connectivity index (χ2n) is 10.4. The van der Waals surface area contributed by atoms with E-state index in [9.17, 15) is 39.9 Å². The Kier molecular flexibility index (Phi) is 14.0. The molecule has 1 aliphatic heterocycles. The van der Waals surface area contributed by atoms with Gasteiger partial charge in [-0.2, -0.15) is 11.8 Å². The number of nitrogens with one attached hydrogen (secondary N) is 2. The van der Waals surface area contributed by atoms with Crippen LogP contribution in [0.2, 0.25) is 0 Å². The van der Waals surface area contributed by atoms with Gasteiger partial charge in [-0.1, -0.05) is 54.6 Å². The van der Waals surface area contributed by atoms with Crippen molar-refractivity contribution >= 4 is 29.5 Å². The van der Waals surface area contributed by atoms with Crippen LogP contribution < -0.4 is 16.4 Å². The molecule has 2 amide bonds. The summed E-state index contributed by atoms with van der Waals surface area (Å²) in [5, 5.41) is 56.6. The Bertz CT molecular complexity index is 1210. The van der Waals surface area contributed by atoms with Gasteiger partial charge < -0.3 is 51.4 Å². The van der Waals surface area contributed by atoms with Crippen molar-refractivity contribution in [2.75, 3.05) is 37.8 Å². The van der Waals surface area contributed by atoms with Crippen LogP contribution in [0.5, 0.6) is 0 Å². The van der Waals surface area contributed by atoms with Gasteiger partial charge in [-0.15, -0.1) is 0 Å². The zero-order valence-corrected chi connectivity index (χ0v) is 25.0. The molecule has 3 rings (SSSR count). The largest absolute Gasteiger partial charge is 0.477 e. The smallest absolute Gasteiger partial charge is 0.364 e. The van der Waals surface area contributed by atoms with E-state index >= 15 is 0 Å². The van der Waals surface area contributed by atoms with E-state index < -0.39 is 73.6 Å². The molecule has 0 spiro atoms. The van der Waals surface area contributed by atoms with E-state index in [0.717, 1.165) is 16.9 Å². The number of nitrogens with two attached hydrogens (primary N) is 1. The van der Waals surface area contributed by atoms with Crippen molar-refractivity contribution in [2.45, 2.75) is 55.5 Å². The molecule has 1 aliphatic rings. The average Bonchev–Trinajstić information content (AvgIpc) is 3.02. The van der Waals surface area contributed by atoms with Gasteiger partial charge in [-0.3, -0.25) is 9.59 Å². The fourth-order valence-electron chi connectivity index (χ4n) is 4.78. The molecular weight excluding hydrogens is 594 g/mol. The zero-order valence-electron chi connectivity index (χ0n) is 24.2. The minimum atomic E-state index is -2.39. The highest BCUT2D eigenvalue weighted by Crippen LogP contribution is 2.34. The first-order chi connectivity index (χ1) is 21.1. The molecule has 14 heteroatoms. The maximum Gasteiger partial charge on any atom is 0.364 e. The molecule has 2 aromatic carbocycles. The third kappa shape index (κ3) is 9.97. The van der Waals surface area contributed by atoms with E-state index in [1.165, 1.54) is 0 Å². The molecule has 44 heavy (non-hydrogen) atoms. The monoisotopic (exact) mass is 635 g/mol. The first-order valence-electron chi connectivity index (χ1n) is 14.3. The Labute approximate surface area is 259 Å². The molecule has 2 aromatic rings. The van der Waals surface area contributed by atoms with Crippen molar-refractivity contribution < 1.29 is 49.4 Å². The number of carbonyl (C=O) groups is 3. The number of carboxylic acids is 1. The predicted octanol–water partition coefficient (Wildman–Crippen LogP) is -0.759. The molecule has 1 fully saturated rings. The van der Waals surface area contributed by atoms with Gasteiger partial charge in [0.1, 0.15) is 18.8 Å². The molecule has 13 nitrogen and oxygen atoms in total. The quantitative estimate of drug-likeness (QED) is 0.101. The van der Waals surface area contributed by atoms with Crippen molar-refractivity contribution in [3.8, 4) is 11.1 Å². The fraction of sp³-hybridized carbons (Fsp3) is 0.500. The van der Waals surface area contributed by atoms with Gasteiger partial charge in [0.25, 0.3) is 5.79 Å². The predicted molar refractivity (Wildman–Crippen MR) is 162 cm³/mol. The Hall–Kier alpha value is -3.08. The topological polar surface area (TPSA) is 221 Å². The number of ether oxygens (including phenoxy) is 2. The highest BCUT2D eigenvalue weighted by Gasteiger charge is 2.55. The minimum absolute atomic E-state index is 0.00869. The van der Waals surface area contributed by atoms with Crippen LogP contribution in [0.25, 0.3) is 11.1 Å². The number of hydrogen-bond donors (Lipinski definition) is 8. The van der Waals surface area contributed by atoms with E-state index in [-0.39, 0.29) is 13.0 Å². The van der Waals surface area contributed by atoms with Crippen LogP contribution in [0, 0.1) is 0 Å². The lowest BCUT2D eigenvalue weighted by Crippen LogP contribution is -2.68. The molecule has 4 unspecified atom stereocenters. The van der Waals surface area contributed by atoms with Crippen LogP contribution in [0.1, 0.15) is 18.4 Å². The Morgan fingerprint density at radius 3 is 2.36 bits per heavy atom. The molecule has 1 saturated heterocycles. The van der Waals surface area contributed by atoms with Crippen LogP contribution >= 0.6 is 11.8 Å². The summed E-state index contributed by atoms with van der Waals surface area (Å²) in [4.78, 5) is 36.9. The van der Waals surface area contributed by atoms with Crippen molar-refractivity contribution in [3.05, 3.63) is 60.2 Å². The maximum atomic E-state index is 12.6. The van der Waals surface area contributed by atoms with Crippen molar-refractivity contribution in [1.82, 2.24) is 10.6 Å². The van der Waals surface area contributed by atoms with Gasteiger partial charge in [0.05, 0.1) is 31.3 Å². The summed E-state index contributed by atoms with van der Waals surface area (Å²) in [6, 6.07) is 15.7. The number of thioether (sulfide) groups is 1. The van der Waals surface area contributed by atoms with E-state index in [1.54, 1.807) is 23.9 Å². The number of benzene rings is 2. The third-order valence-electron chi connectivity index (χ3n) is 7.07. The molecule has 0 aromatic heterocycles. The number of carbonyl (C=O) groups excluding carboxylic acids is 2. The summed E-state index contributed by atoms with van der Waals surface area (Å²) in [7, 11) is 0. The second kappa shape index (κ2) is 17.4. The standard InChI is InChI=1S/C30H41N3O10S/c31-11-14-44-13-4-12-42-30(29(40)41)16-22(35)26(33-25(38)18-34)28(43-30)27(39)23(36)17-32-24(37)15-19-7-9-21(10-8-19)20-5-2-1-3-6-20/h1-3,5-10,22-23,26-28,34-36,39H,4,11-18,31H2,(H,32,37)(H,33,38)(H,40,41)/t22?,23-,26?,27+,28?,30?/m1/s1. The van der Waals surface area contributed by atoms with Gasteiger partial charge in [0, 0.05) is 25.3 Å². The lowest BCUT2D eigenvalue weighted by molar-refractivity contribution is -0.310. The molecule has 0 bridgehead atoms. The summed E-state index contributed by atoms with van der Waals surface area (Å²) in [5.41, 5.74) is 8.20. The average molecular weight is 636 g/mol. The van der Waals surface area contributed by atoms with Gasteiger partial charge in [0.2, 0.25) is 11.8 Å². The normalized spacial score (nSPS) is 23.0. The molecular formula is C30H41N3O10S. The molecule has 242 valence electrons. The highest BCUT2D eigenvalue weighted by molar-refractivity contribution is 7.99. The number of carboxylic acid groups (broad SMARTS) is 1. The van der Waals surface area contributed by atoms with Gasteiger partial charge in [0.15, 0.2) is 0 Å². The number of aliphatic hydroxyl groups excluding tert-OH is 4. The number of aliphatic hydroxyl groups is 4. The van der Waals surface area contributed by atoms with E-state index in [4.69, 9.17) is 15.2 Å². The number of hydrogen-bond acceptors (Lipinski definition) is 11. The SMILES string of the molecule is NCCSCCCOC1(C(=O)O)CC(O)C(NC(=O)CO)C([C@@H](O)[C@H](O)CNC(=O)Cc2ccc(-c3ccccc3)cc2)O1. The first-order valence-corrected chi connectivity index (χ1v) is 15.4. The molecule has 1 heterocycles. The molecule has 6 atom stereocenters. The van der Waals surface area contributed by atoms with Crippen molar-refractivity contribution in [1.29, 1.82) is 0 Å². The van der Waals surface area contributed by atoms with Crippen molar-refractivity contribution in [2.24, 2.45) is 5.73 Å². The molecule has 0 aliphatic carbocycles. The van der Waals surface area contributed by atoms with Crippen LogP contribution in [0.3, 0.4) is 0 Å². The van der Waals surface area contributed by atoms with E-state index in [2.05, 4.69) is 10.6 Å². The molecule has 9 N–H and O–H groups in total. The van der Waals surface area contributed by atoms with Crippen LogP contribution in [0.4, 0.5) is 0 Å². The zero-order chi connectivity index (χ0) is 32.1. The lowest BCUT2D eigenvalue weighted by atomic mass is 9.88. The number of aliphatic carboxylic acids is 1. The summed E-state index contributed by atoms with van der Waals surface area (Å²) in [5.74, 6) is -3.98. The first kappa shape index (κ1) is 35.4. The van der Waals surface area contributed by atoms with Gasteiger partial charge in [-0.05, 0) is 28.9 Å². The van der Waals surface area contributed by atoms with E-state index in [1.807, 2.05) is 42.5 Å². The molecule has 0 radical (unpaired) electrons. The van der Waals surface area contributed by atoms with E-state index in [0.29, 0.717) is 24.3 Å². The minimum Gasteiger partial charge on any atom is -0.477 e. The van der Waals surface area contributed by atoms with Gasteiger partial charge in [-0.25, -0.2) is 4.79 Å². The molecule has 0 saturated carbocycles.